The highest BCUT2D eigenvalue weighted by Crippen LogP contribution is 2.16. The van der Waals surface area contributed by atoms with Crippen molar-refractivity contribution in [3.63, 3.8) is 0 Å². The van der Waals surface area contributed by atoms with Gasteiger partial charge < -0.3 is 4.43 Å². The highest BCUT2D eigenvalue weighted by Gasteiger charge is 2.22. The van der Waals surface area contributed by atoms with Gasteiger partial charge in [0, 0.05) is 9.85 Å². The number of thioether (sulfide) groups is 1. The number of hydrogen-bond donors (Lipinski definition) is 0. The van der Waals surface area contributed by atoms with Crippen LogP contribution in [0.5, 0.6) is 0 Å². The number of benzene rings is 1. The summed E-state index contributed by atoms with van der Waals surface area (Å²) in [5.41, 5.74) is 0. The fourth-order valence-corrected chi connectivity index (χ4v) is 3.31. The molecular weight excluding hydrogens is 312 g/mol. The predicted octanol–water partition coefficient (Wildman–Crippen LogP) is 4.28. The lowest BCUT2D eigenvalue weighted by Gasteiger charge is -2.22. The summed E-state index contributed by atoms with van der Waals surface area (Å²) in [5, 5.41) is 3.10. The highest BCUT2D eigenvalue weighted by molar-refractivity contribution is 9.09. The molecule has 0 aliphatic rings. The van der Waals surface area contributed by atoms with Crippen molar-refractivity contribution >= 4 is 36.0 Å². The standard InChI is InChI=1S/C13H17BrOSSi/c1-12(15-17(2,3)11-14)9-10-16-13-7-5-4-6-8-13/h4-8,12H,11H2,1-3H3. The Bertz CT molecular complexity index is 397. The molecule has 1 nitrogen and oxygen atoms in total. The van der Waals surface area contributed by atoms with Crippen LogP contribution in [0.15, 0.2) is 35.2 Å². The maximum absolute atomic E-state index is 5.93. The summed E-state index contributed by atoms with van der Waals surface area (Å²) < 4.78 is 5.93. The summed E-state index contributed by atoms with van der Waals surface area (Å²) in [6, 6.07) is 10.2. The molecule has 0 aromatic heterocycles. The van der Waals surface area contributed by atoms with Gasteiger partial charge in [-0.1, -0.05) is 40.0 Å². The lowest BCUT2D eigenvalue weighted by Crippen LogP contribution is -2.36. The van der Waals surface area contributed by atoms with E-state index in [1.165, 1.54) is 4.90 Å². The van der Waals surface area contributed by atoms with Crippen LogP contribution in [0.2, 0.25) is 13.1 Å². The first kappa shape index (κ1) is 14.8. The molecular formula is C13H17BrOSSi. The largest absolute Gasteiger partial charge is 0.403 e. The molecule has 92 valence electrons. The Labute approximate surface area is 118 Å². The van der Waals surface area contributed by atoms with Crippen molar-refractivity contribution in [2.45, 2.75) is 31.0 Å². The minimum atomic E-state index is -1.56. The molecule has 0 saturated carbocycles. The molecule has 0 fully saturated rings. The molecule has 0 saturated heterocycles. The molecule has 0 spiro atoms. The van der Waals surface area contributed by atoms with E-state index in [0.29, 0.717) is 0 Å². The number of alkyl halides is 1. The highest BCUT2D eigenvalue weighted by atomic mass is 79.9. The molecule has 1 aromatic carbocycles. The Balaban J connectivity index is 2.45. The van der Waals surface area contributed by atoms with Crippen molar-refractivity contribution in [2.75, 3.05) is 4.95 Å². The minimum absolute atomic E-state index is 0.00503. The maximum Gasteiger partial charge on any atom is 0.198 e. The Hall–Kier alpha value is -0.213. The van der Waals surface area contributed by atoms with Gasteiger partial charge >= 0.3 is 0 Å². The van der Waals surface area contributed by atoms with Gasteiger partial charge in [-0.2, -0.15) is 0 Å². The zero-order chi connectivity index (χ0) is 12.7. The van der Waals surface area contributed by atoms with Gasteiger partial charge in [0.1, 0.15) is 6.10 Å². The van der Waals surface area contributed by atoms with E-state index in [0.717, 1.165) is 4.95 Å². The van der Waals surface area contributed by atoms with Crippen molar-refractivity contribution in [3.8, 4) is 11.2 Å². The maximum atomic E-state index is 5.93. The molecule has 0 amide bonds. The molecule has 1 aromatic rings. The van der Waals surface area contributed by atoms with Gasteiger partial charge in [-0.25, -0.2) is 0 Å². The summed E-state index contributed by atoms with van der Waals surface area (Å²) in [6.45, 7) is 6.38. The molecule has 1 atom stereocenters. The minimum Gasteiger partial charge on any atom is -0.403 e. The van der Waals surface area contributed by atoms with E-state index in [9.17, 15) is 0 Å². The van der Waals surface area contributed by atoms with Gasteiger partial charge in [0.15, 0.2) is 8.32 Å². The molecule has 17 heavy (non-hydrogen) atoms. The zero-order valence-corrected chi connectivity index (χ0v) is 13.8. The second kappa shape index (κ2) is 7.27. The smallest absolute Gasteiger partial charge is 0.198 e. The number of rotatable bonds is 4. The van der Waals surface area contributed by atoms with E-state index in [1.807, 2.05) is 25.1 Å². The van der Waals surface area contributed by atoms with Gasteiger partial charge in [-0.15, -0.1) is 0 Å². The van der Waals surface area contributed by atoms with Crippen LogP contribution in [-0.2, 0) is 4.43 Å². The molecule has 1 unspecified atom stereocenters. The van der Waals surface area contributed by atoms with Crippen molar-refractivity contribution in [2.24, 2.45) is 0 Å². The third-order valence-corrected chi connectivity index (χ3v) is 8.41. The molecule has 0 bridgehead atoms. The fourth-order valence-electron chi connectivity index (χ4n) is 1.20. The van der Waals surface area contributed by atoms with Crippen LogP contribution in [0.3, 0.4) is 0 Å². The summed E-state index contributed by atoms with van der Waals surface area (Å²) >= 11 is 5.03. The average molecular weight is 329 g/mol. The summed E-state index contributed by atoms with van der Waals surface area (Å²) in [7, 11) is -1.56. The van der Waals surface area contributed by atoms with Crippen LogP contribution in [0, 0.1) is 11.2 Å². The Morgan fingerprint density at radius 3 is 2.59 bits per heavy atom. The predicted molar refractivity (Wildman–Crippen MR) is 81.9 cm³/mol. The first-order chi connectivity index (χ1) is 8.03. The van der Waals surface area contributed by atoms with Gasteiger partial charge in [-0.3, -0.25) is 0 Å². The summed E-state index contributed by atoms with van der Waals surface area (Å²) in [5.74, 6) is 3.13. The van der Waals surface area contributed by atoms with Crippen LogP contribution in [0.25, 0.3) is 0 Å². The second-order valence-electron chi connectivity index (χ2n) is 4.31. The van der Waals surface area contributed by atoms with Crippen LogP contribution >= 0.6 is 27.7 Å². The van der Waals surface area contributed by atoms with Gasteiger partial charge in [0.05, 0.1) is 0 Å². The van der Waals surface area contributed by atoms with E-state index in [4.69, 9.17) is 4.43 Å². The molecule has 0 radical (unpaired) electrons. The zero-order valence-electron chi connectivity index (χ0n) is 10.4. The van der Waals surface area contributed by atoms with Gasteiger partial charge in [0.2, 0.25) is 0 Å². The van der Waals surface area contributed by atoms with Gasteiger partial charge in [-0.05, 0) is 49.2 Å². The third-order valence-electron chi connectivity index (χ3n) is 1.99. The molecule has 4 heteroatoms. The van der Waals surface area contributed by atoms with E-state index in [1.54, 1.807) is 11.8 Å². The average Bonchev–Trinajstić information content (AvgIpc) is 2.30. The van der Waals surface area contributed by atoms with Crippen molar-refractivity contribution in [1.82, 2.24) is 0 Å². The summed E-state index contributed by atoms with van der Waals surface area (Å²) in [6.07, 6.45) is 0.00503. The Morgan fingerprint density at radius 1 is 1.35 bits per heavy atom. The van der Waals surface area contributed by atoms with E-state index in [2.05, 4.69) is 52.3 Å². The monoisotopic (exact) mass is 328 g/mol. The van der Waals surface area contributed by atoms with Crippen molar-refractivity contribution < 1.29 is 4.43 Å². The second-order valence-corrected chi connectivity index (χ2v) is 10.9. The van der Waals surface area contributed by atoms with Crippen LogP contribution < -0.4 is 0 Å². The molecule has 0 heterocycles. The molecule has 1 rings (SSSR count). The first-order valence-corrected chi connectivity index (χ1v) is 10.5. The van der Waals surface area contributed by atoms with E-state index >= 15 is 0 Å². The molecule has 0 N–H and O–H groups in total. The SMILES string of the molecule is CC(C#CSc1ccccc1)O[Si](C)(C)CBr. The van der Waals surface area contributed by atoms with Gasteiger partial charge in [0.25, 0.3) is 0 Å². The van der Waals surface area contributed by atoms with Crippen molar-refractivity contribution in [1.29, 1.82) is 0 Å². The van der Waals surface area contributed by atoms with E-state index in [-0.39, 0.29) is 6.10 Å². The summed E-state index contributed by atoms with van der Waals surface area (Å²) in [4.78, 5) is 2.11. The first-order valence-electron chi connectivity index (χ1n) is 5.50. The van der Waals surface area contributed by atoms with Crippen LogP contribution in [-0.4, -0.2) is 19.4 Å². The number of hydrogen-bond acceptors (Lipinski definition) is 2. The van der Waals surface area contributed by atoms with Crippen molar-refractivity contribution in [3.05, 3.63) is 30.3 Å². The Kier molecular flexibility index (Phi) is 6.35. The molecule has 0 aliphatic carbocycles. The lowest BCUT2D eigenvalue weighted by molar-refractivity contribution is 0.271. The van der Waals surface area contributed by atoms with Crippen LogP contribution in [0.1, 0.15) is 6.92 Å². The quantitative estimate of drug-likeness (QED) is 0.353. The van der Waals surface area contributed by atoms with E-state index < -0.39 is 8.32 Å². The van der Waals surface area contributed by atoms with Crippen LogP contribution in [0.4, 0.5) is 0 Å². The lowest BCUT2D eigenvalue weighted by atomic mass is 10.4. The normalized spacial score (nSPS) is 12.7. The molecule has 0 aliphatic heterocycles. The fraction of sp³-hybridized carbons (Fsp3) is 0.385. The third kappa shape index (κ3) is 6.32. The number of halogens is 1. The Morgan fingerprint density at radius 2 is 2.00 bits per heavy atom. The topological polar surface area (TPSA) is 9.23 Å².